The fourth-order valence-corrected chi connectivity index (χ4v) is 3.45. The number of halogens is 1. The maximum atomic E-state index is 6.34. The fraction of sp³-hybridized carbons (Fsp3) is 0.235. The lowest BCUT2D eigenvalue weighted by molar-refractivity contribution is 0.256. The number of benzene rings is 1. The molecule has 0 radical (unpaired) electrons. The first-order valence-electron chi connectivity index (χ1n) is 6.93. The van der Waals surface area contributed by atoms with Gasteiger partial charge in [0.15, 0.2) is 0 Å². The number of para-hydroxylation sites is 1. The van der Waals surface area contributed by atoms with E-state index in [2.05, 4.69) is 53.5 Å². The van der Waals surface area contributed by atoms with Crippen LogP contribution in [0.2, 0.25) is 5.15 Å². The average molecular weight is 317 g/mol. The smallest absolute Gasteiger partial charge is 0.134 e. The number of rotatable bonds is 4. The van der Waals surface area contributed by atoms with Crippen molar-refractivity contribution in [1.82, 2.24) is 9.88 Å². The van der Waals surface area contributed by atoms with Gasteiger partial charge in [-0.25, -0.2) is 4.98 Å². The van der Waals surface area contributed by atoms with Crippen LogP contribution in [0.3, 0.4) is 0 Å². The average Bonchev–Trinajstić information content (AvgIpc) is 3.01. The van der Waals surface area contributed by atoms with Gasteiger partial charge in [0, 0.05) is 28.4 Å². The Morgan fingerprint density at radius 1 is 1.24 bits per heavy atom. The van der Waals surface area contributed by atoms with E-state index in [0.717, 1.165) is 23.0 Å². The Morgan fingerprint density at radius 3 is 2.81 bits per heavy atom. The summed E-state index contributed by atoms with van der Waals surface area (Å²) in [5, 5.41) is 3.84. The highest BCUT2D eigenvalue weighted by Crippen LogP contribution is 2.27. The lowest BCUT2D eigenvalue weighted by Gasteiger charge is -2.24. The minimum absolute atomic E-state index is 0.368. The van der Waals surface area contributed by atoms with E-state index < -0.39 is 0 Å². The number of thiophene rings is 1. The minimum Gasteiger partial charge on any atom is -0.294 e. The summed E-state index contributed by atoms with van der Waals surface area (Å²) in [5.74, 6) is 0. The molecule has 1 aromatic carbocycles. The summed E-state index contributed by atoms with van der Waals surface area (Å²) in [5.41, 5.74) is 2.02. The van der Waals surface area contributed by atoms with Crippen molar-refractivity contribution in [2.24, 2.45) is 0 Å². The van der Waals surface area contributed by atoms with E-state index >= 15 is 0 Å². The summed E-state index contributed by atoms with van der Waals surface area (Å²) in [6.45, 7) is 3.00. The Kier molecular flexibility index (Phi) is 4.24. The highest BCUT2D eigenvalue weighted by molar-refractivity contribution is 7.10. The second kappa shape index (κ2) is 6.14. The van der Waals surface area contributed by atoms with Gasteiger partial charge in [-0.2, -0.15) is 0 Å². The molecular formula is C17H17ClN2S. The summed E-state index contributed by atoms with van der Waals surface area (Å²) in [6, 6.07) is 14.8. The van der Waals surface area contributed by atoms with Crippen LogP contribution in [0.5, 0.6) is 0 Å². The van der Waals surface area contributed by atoms with Gasteiger partial charge < -0.3 is 0 Å². The first-order valence-corrected chi connectivity index (χ1v) is 8.18. The monoisotopic (exact) mass is 316 g/mol. The van der Waals surface area contributed by atoms with Crippen LogP contribution in [0.4, 0.5) is 0 Å². The molecule has 3 rings (SSSR count). The molecule has 2 aromatic heterocycles. The minimum atomic E-state index is 0.368. The quantitative estimate of drug-likeness (QED) is 0.619. The van der Waals surface area contributed by atoms with Crippen LogP contribution >= 0.6 is 22.9 Å². The van der Waals surface area contributed by atoms with Crippen molar-refractivity contribution >= 4 is 33.8 Å². The predicted molar refractivity (Wildman–Crippen MR) is 91.0 cm³/mol. The summed E-state index contributed by atoms with van der Waals surface area (Å²) < 4.78 is 0. The summed E-state index contributed by atoms with van der Waals surface area (Å²) in [6.07, 6.45) is 0. The molecule has 0 spiro atoms. The molecule has 0 saturated carbocycles. The van der Waals surface area contributed by atoms with Crippen LogP contribution in [-0.4, -0.2) is 16.9 Å². The molecule has 0 aliphatic rings. The number of nitrogens with zero attached hydrogens (tertiary/aromatic N) is 2. The van der Waals surface area contributed by atoms with Crippen LogP contribution in [0.25, 0.3) is 10.9 Å². The number of aromatic nitrogens is 1. The van der Waals surface area contributed by atoms with Crippen LogP contribution in [-0.2, 0) is 6.54 Å². The third kappa shape index (κ3) is 3.10. The van der Waals surface area contributed by atoms with Gasteiger partial charge in [-0.15, -0.1) is 11.3 Å². The second-order valence-corrected chi connectivity index (χ2v) is 6.57. The largest absolute Gasteiger partial charge is 0.294 e. The Balaban J connectivity index is 1.85. The predicted octanol–water partition coefficient (Wildman–Crippen LogP) is 5.14. The molecule has 0 fully saturated rings. The van der Waals surface area contributed by atoms with Crippen LogP contribution < -0.4 is 0 Å². The molecule has 0 N–H and O–H groups in total. The summed E-state index contributed by atoms with van der Waals surface area (Å²) >= 11 is 8.13. The molecular weight excluding hydrogens is 300 g/mol. The van der Waals surface area contributed by atoms with E-state index in [4.69, 9.17) is 11.6 Å². The van der Waals surface area contributed by atoms with E-state index in [-0.39, 0.29) is 0 Å². The molecule has 1 unspecified atom stereocenters. The zero-order valence-electron chi connectivity index (χ0n) is 12.1. The highest BCUT2D eigenvalue weighted by Gasteiger charge is 2.15. The van der Waals surface area contributed by atoms with Crippen LogP contribution in [0, 0.1) is 0 Å². The molecule has 1 atom stereocenters. The molecule has 0 amide bonds. The topological polar surface area (TPSA) is 16.1 Å². The molecule has 2 heterocycles. The molecule has 108 valence electrons. The molecule has 3 aromatic rings. The van der Waals surface area contributed by atoms with Crippen molar-refractivity contribution in [3.63, 3.8) is 0 Å². The van der Waals surface area contributed by atoms with E-state index in [1.54, 1.807) is 11.3 Å². The summed E-state index contributed by atoms with van der Waals surface area (Å²) in [7, 11) is 2.12. The number of pyridine rings is 1. The van der Waals surface area contributed by atoms with Crippen LogP contribution in [0.1, 0.15) is 23.4 Å². The highest BCUT2D eigenvalue weighted by atomic mass is 35.5. The molecule has 0 aliphatic carbocycles. The molecule has 4 heteroatoms. The van der Waals surface area contributed by atoms with Gasteiger partial charge in [0.2, 0.25) is 0 Å². The van der Waals surface area contributed by atoms with E-state index in [1.165, 1.54) is 4.88 Å². The van der Waals surface area contributed by atoms with E-state index in [9.17, 15) is 0 Å². The Hall–Kier alpha value is -1.42. The molecule has 2 nitrogen and oxygen atoms in total. The second-order valence-electron chi connectivity index (χ2n) is 5.24. The third-order valence-corrected chi connectivity index (χ3v) is 5.16. The number of fused-ring (bicyclic) bond motifs is 1. The Labute approximate surface area is 134 Å². The number of hydrogen-bond acceptors (Lipinski definition) is 3. The summed E-state index contributed by atoms with van der Waals surface area (Å²) in [4.78, 5) is 8.15. The SMILES string of the molecule is CC(c1cccs1)N(C)Cc1cc2ccccc2nc1Cl. The van der Waals surface area contributed by atoms with Gasteiger partial charge in [0.1, 0.15) is 5.15 Å². The lowest BCUT2D eigenvalue weighted by Crippen LogP contribution is -2.21. The van der Waals surface area contributed by atoms with Gasteiger partial charge in [0.05, 0.1) is 5.52 Å². The van der Waals surface area contributed by atoms with Crippen molar-refractivity contribution < 1.29 is 0 Å². The van der Waals surface area contributed by atoms with Crippen molar-refractivity contribution in [3.8, 4) is 0 Å². The Bertz CT molecular complexity index is 740. The van der Waals surface area contributed by atoms with Gasteiger partial charge in [-0.05, 0) is 37.6 Å². The normalized spacial score (nSPS) is 13.0. The first-order chi connectivity index (χ1) is 10.1. The Morgan fingerprint density at radius 2 is 2.05 bits per heavy atom. The molecule has 21 heavy (non-hydrogen) atoms. The zero-order chi connectivity index (χ0) is 14.8. The first kappa shape index (κ1) is 14.5. The molecule has 0 saturated heterocycles. The van der Waals surface area contributed by atoms with Gasteiger partial charge in [0.25, 0.3) is 0 Å². The van der Waals surface area contributed by atoms with E-state index in [0.29, 0.717) is 11.2 Å². The van der Waals surface area contributed by atoms with E-state index in [1.807, 2.05) is 18.2 Å². The number of hydrogen-bond donors (Lipinski definition) is 0. The van der Waals surface area contributed by atoms with Crippen LogP contribution in [0.15, 0.2) is 47.8 Å². The fourth-order valence-electron chi connectivity index (χ4n) is 2.40. The maximum absolute atomic E-state index is 6.34. The standard InChI is InChI=1S/C17H17ClN2S/c1-12(16-8-5-9-21-16)20(2)11-14-10-13-6-3-4-7-15(13)19-17(14)18/h3-10,12H,11H2,1-2H3. The zero-order valence-corrected chi connectivity index (χ0v) is 13.7. The van der Waals surface area contributed by atoms with Gasteiger partial charge in [-0.3, -0.25) is 4.90 Å². The van der Waals surface area contributed by atoms with Gasteiger partial charge >= 0.3 is 0 Å². The molecule has 0 aliphatic heterocycles. The maximum Gasteiger partial charge on any atom is 0.134 e. The van der Waals surface area contributed by atoms with Gasteiger partial charge in [-0.1, -0.05) is 35.9 Å². The van der Waals surface area contributed by atoms with Crippen molar-refractivity contribution in [1.29, 1.82) is 0 Å². The van der Waals surface area contributed by atoms with Crippen molar-refractivity contribution in [3.05, 3.63) is 63.4 Å². The van der Waals surface area contributed by atoms with Crippen molar-refractivity contribution in [2.45, 2.75) is 19.5 Å². The third-order valence-electron chi connectivity index (χ3n) is 3.79. The van der Waals surface area contributed by atoms with Crippen molar-refractivity contribution in [2.75, 3.05) is 7.05 Å². The molecule has 0 bridgehead atoms. The lowest BCUT2D eigenvalue weighted by atomic mass is 10.1.